The van der Waals surface area contributed by atoms with Crippen LogP contribution in [0.2, 0.25) is 5.02 Å². The van der Waals surface area contributed by atoms with Crippen LogP contribution >= 0.6 is 11.6 Å². The van der Waals surface area contributed by atoms with E-state index < -0.39 is 0 Å². The lowest BCUT2D eigenvalue weighted by molar-refractivity contribution is 0.577. The van der Waals surface area contributed by atoms with Crippen molar-refractivity contribution >= 4 is 28.2 Å². The van der Waals surface area contributed by atoms with E-state index in [0.717, 1.165) is 29.7 Å². The molecule has 0 atom stereocenters. The fraction of sp³-hybridized carbons (Fsp3) is 0.333. The largest absolute Gasteiger partial charge is 0.370 e. The Labute approximate surface area is 117 Å². The second kappa shape index (κ2) is 5.07. The lowest BCUT2D eigenvalue weighted by atomic mass is 10.0. The number of hydrogen-bond donors (Lipinski definition) is 0. The van der Waals surface area contributed by atoms with E-state index in [-0.39, 0.29) is 0 Å². The molecule has 0 saturated carbocycles. The summed E-state index contributed by atoms with van der Waals surface area (Å²) in [6.45, 7) is 2.04. The van der Waals surface area contributed by atoms with Crippen molar-refractivity contribution in [2.75, 3.05) is 18.0 Å². The fourth-order valence-corrected chi connectivity index (χ4v) is 2.84. The number of aromatic nitrogens is 1. The highest BCUT2D eigenvalue weighted by molar-refractivity contribution is 6.31. The van der Waals surface area contributed by atoms with E-state index >= 15 is 0 Å². The molecule has 0 aliphatic carbocycles. The zero-order valence-corrected chi connectivity index (χ0v) is 11.3. The van der Waals surface area contributed by atoms with Gasteiger partial charge in [0.25, 0.3) is 0 Å². The number of benzene rings is 1. The molecular weight excluding hydrogens is 258 g/mol. The van der Waals surface area contributed by atoms with Gasteiger partial charge in [-0.05, 0) is 31.4 Å². The number of halogens is 1. The molecular formula is C15H14ClN3. The molecule has 1 aliphatic heterocycles. The number of anilines is 1. The van der Waals surface area contributed by atoms with Crippen LogP contribution in [0.15, 0.2) is 24.4 Å². The molecule has 1 aliphatic rings. The number of nitrogens with zero attached hydrogens (tertiary/aromatic N) is 3. The van der Waals surface area contributed by atoms with Crippen molar-refractivity contribution in [1.29, 1.82) is 5.26 Å². The first kappa shape index (κ1) is 12.3. The summed E-state index contributed by atoms with van der Waals surface area (Å²) < 4.78 is 0. The summed E-state index contributed by atoms with van der Waals surface area (Å²) in [4.78, 5) is 6.62. The van der Waals surface area contributed by atoms with Gasteiger partial charge in [-0.25, -0.2) is 0 Å². The number of piperidine rings is 1. The Bertz CT molecular complexity index is 654. The van der Waals surface area contributed by atoms with E-state index in [1.54, 1.807) is 6.20 Å². The van der Waals surface area contributed by atoms with Crippen LogP contribution < -0.4 is 4.90 Å². The molecule has 0 radical (unpaired) electrons. The number of rotatable bonds is 1. The first-order valence-corrected chi connectivity index (χ1v) is 6.91. The zero-order valence-electron chi connectivity index (χ0n) is 10.6. The van der Waals surface area contributed by atoms with E-state index in [1.807, 2.05) is 18.2 Å². The molecule has 1 fully saturated rings. The number of nitriles is 1. The smallest absolute Gasteiger partial charge is 0.104 e. The normalized spacial score (nSPS) is 15.5. The highest BCUT2D eigenvalue weighted by atomic mass is 35.5. The lowest BCUT2D eigenvalue weighted by Crippen LogP contribution is -2.30. The third kappa shape index (κ3) is 2.24. The minimum absolute atomic E-state index is 0.599. The summed E-state index contributed by atoms with van der Waals surface area (Å²) in [7, 11) is 0. The average molecular weight is 272 g/mol. The molecule has 0 amide bonds. The van der Waals surface area contributed by atoms with Gasteiger partial charge < -0.3 is 4.90 Å². The van der Waals surface area contributed by atoms with Crippen LogP contribution in [0.5, 0.6) is 0 Å². The van der Waals surface area contributed by atoms with Crippen LogP contribution in [0.1, 0.15) is 24.8 Å². The maximum absolute atomic E-state index is 9.47. The van der Waals surface area contributed by atoms with Crippen LogP contribution in [0.4, 0.5) is 5.69 Å². The molecule has 1 aromatic heterocycles. The number of fused-ring (bicyclic) bond motifs is 1. The van der Waals surface area contributed by atoms with Crippen molar-refractivity contribution in [3.05, 3.63) is 35.0 Å². The summed E-state index contributed by atoms with van der Waals surface area (Å²) in [6.07, 6.45) is 5.26. The van der Waals surface area contributed by atoms with Crippen molar-refractivity contribution in [3.63, 3.8) is 0 Å². The summed E-state index contributed by atoms with van der Waals surface area (Å²) in [5.74, 6) is 0. The quantitative estimate of drug-likeness (QED) is 0.793. The van der Waals surface area contributed by atoms with Crippen molar-refractivity contribution < 1.29 is 0 Å². The molecule has 96 valence electrons. The van der Waals surface area contributed by atoms with Crippen LogP contribution in [0.25, 0.3) is 10.9 Å². The van der Waals surface area contributed by atoms with E-state index in [0.29, 0.717) is 10.6 Å². The first-order chi connectivity index (χ1) is 9.29. The predicted molar refractivity (Wildman–Crippen MR) is 77.5 cm³/mol. The molecule has 19 heavy (non-hydrogen) atoms. The number of pyridine rings is 1. The monoisotopic (exact) mass is 271 g/mol. The topological polar surface area (TPSA) is 39.9 Å². The van der Waals surface area contributed by atoms with E-state index in [4.69, 9.17) is 11.6 Å². The molecule has 2 heterocycles. The first-order valence-electron chi connectivity index (χ1n) is 6.53. The maximum Gasteiger partial charge on any atom is 0.104 e. The Hall–Kier alpha value is -1.79. The zero-order chi connectivity index (χ0) is 13.2. The van der Waals surface area contributed by atoms with Crippen molar-refractivity contribution in [1.82, 2.24) is 4.98 Å². The van der Waals surface area contributed by atoms with Gasteiger partial charge in [-0.3, -0.25) is 4.98 Å². The second-order valence-electron chi connectivity index (χ2n) is 4.84. The van der Waals surface area contributed by atoms with Gasteiger partial charge in [0, 0.05) is 24.7 Å². The minimum atomic E-state index is 0.599. The van der Waals surface area contributed by atoms with Crippen LogP contribution in [-0.2, 0) is 0 Å². The molecule has 0 spiro atoms. The highest BCUT2D eigenvalue weighted by Crippen LogP contribution is 2.30. The van der Waals surface area contributed by atoms with Gasteiger partial charge in [0.05, 0.1) is 16.2 Å². The Kier molecular flexibility index (Phi) is 3.27. The Balaban J connectivity index is 2.15. The average Bonchev–Trinajstić information content (AvgIpc) is 2.46. The van der Waals surface area contributed by atoms with Gasteiger partial charge in [0.1, 0.15) is 11.6 Å². The Morgan fingerprint density at radius 3 is 2.74 bits per heavy atom. The standard InChI is InChI=1S/C15H14ClN3/c16-12-8-11-4-5-14(19-6-2-1-3-7-19)13(9-17)15(11)18-10-12/h4-5,8,10H,1-3,6-7H2. The summed E-state index contributed by atoms with van der Waals surface area (Å²) in [5.41, 5.74) is 2.41. The predicted octanol–water partition coefficient (Wildman–Crippen LogP) is 3.75. The lowest BCUT2D eigenvalue weighted by Gasteiger charge is -2.29. The molecule has 0 bridgehead atoms. The molecule has 3 nitrogen and oxygen atoms in total. The van der Waals surface area contributed by atoms with Crippen LogP contribution in [0.3, 0.4) is 0 Å². The minimum Gasteiger partial charge on any atom is -0.370 e. The van der Waals surface area contributed by atoms with Gasteiger partial charge in [-0.2, -0.15) is 5.26 Å². The van der Waals surface area contributed by atoms with Crippen molar-refractivity contribution in [2.45, 2.75) is 19.3 Å². The molecule has 2 aromatic rings. The molecule has 0 unspecified atom stereocenters. The highest BCUT2D eigenvalue weighted by Gasteiger charge is 2.17. The Morgan fingerprint density at radius 1 is 1.21 bits per heavy atom. The second-order valence-corrected chi connectivity index (χ2v) is 5.28. The summed E-state index contributed by atoms with van der Waals surface area (Å²) in [5, 5.41) is 11.0. The maximum atomic E-state index is 9.47. The van der Waals surface area contributed by atoms with E-state index in [9.17, 15) is 5.26 Å². The fourth-order valence-electron chi connectivity index (χ4n) is 2.67. The van der Waals surface area contributed by atoms with Gasteiger partial charge in [-0.15, -0.1) is 0 Å². The van der Waals surface area contributed by atoms with Gasteiger partial charge >= 0.3 is 0 Å². The summed E-state index contributed by atoms with van der Waals surface area (Å²) >= 11 is 5.95. The molecule has 0 N–H and O–H groups in total. The van der Waals surface area contributed by atoms with Gasteiger partial charge in [-0.1, -0.05) is 17.7 Å². The van der Waals surface area contributed by atoms with Crippen molar-refractivity contribution in [3.8, 4) is 6.07 Å². The SMILES string of the molecule is N#Cc1c(N2CCCCC2)ccc2cc(Cl)cnc12. The van der Waals surface area contributed by atoms with Gasteiger partial charge in [0.15, 0.2) is 0 Å². The van der Waals surface area contributed by atoms with Crippen LogP contribution in [0, 0.1) is 11.3 Å². The molecule has 3 rings (SSSR count). The Morgan fingerprint density at radius 2 is 2.00 bits per heavy atom. The summed E-state index contributed by atoms with van der Waals surface area (Å²) in [6, 6.07) is 8.18. The molecule has 1 saturated heterocycles. The number of hydrogen-bond acceptors (Lipinski definition) is 3. The third-order valence-electron chi connectivity index (χ3n) is 3.61. The molecule has 4 heteroatoms. The van der Waals surface area contributed by atoms with E-state index in [1.165, 1.54) is 19.3 Å². The third-order valence-corrected chi connectivity index (χ3v) is 3.81. The van der Waals surface area contributed by atoms with E-state index in [2.05, 4.69) is 16.0 Å². The van der Waals surface area contributed by atoms with Crippen LogP contribution in [-0.4, -0.2) is 18.1 Å². The van der Waals surface area contributed by atoms with Crippen molar-refractivity contribution in [2.24, 2.45) is 0 Å². The molecule has 1 aromatic carbocycles. The van der Waals surface area contributed by atoms with Gasteiger partial charge in [0.2, 0.25) is 0 Å².